The molecular weight excluding hydrogens is 332 g/mol. The van der Waals surface area contributed by atoms with Gasteiger partial charge in [-0.15, -0.1) is 11.3 Å². The van der Waals surface area contributed by atoms with Crippen LogP contribution in [0.4, 0.5) is 0 Å². The zero-order valence-electron chi connectivity index (χ0n) is 14.1. The standard InChI is InChI=1S/C16H22N2O3S2/c1-10-9-16(11(2)8-14(10)21-5)23(19,20)17-7-6-15-12(3)18-13(4)22-15/h8-9,17H,6-7H2,1-5H3. The molecule has 0 saturated heterocycles. The molecule has 1 N–H and O–H groups in total. The van der Waals surface area contributed by atoms with E-state index in [0.29, 0.717) is 29.2 Å². The first-order valence-electron chi connectivity index (χ1n) is 7.32. The summed E-state index contributed by atoms with van der Waals surface area (Å²) < 4.78 is 32.9. The summed E-state index contributed by atoms with van der Waals surface area (Å²) in [5, 5.41) is 1.00. The fourth-order valence-corrected chi connectivity index (χ4v) is 4.73. The first kappa shape index (κ1) is 17.9. The lowest BCUT2D eigenvalue weighted by Gasteiger charge is -2.12. The first-order valence-corrected chi connectivity index (χ1v) is 9.62. The van der Waals surface area contributed by atoms with Gasteiger partial charge >= 0.3 is 0 Å². The maximum atomic E-state index is 12.5. The highest BCUT2D eigenvalue weighted by Crippen LogP contribution is 2.25. The van der Waals surface area contributed by atoms with E-state index in [9.17, 15) is 8.42 Å². The molecule has 1 aromatic carbocycles. The molecular formula is C16H22N2O3S2. The van der Waals surface area contributed by atoms with Gasteiger partial charge in [-0.1, -0.05) is 0 Å². The van der Waals surface area contributed by atoms with Crippen LogP contribution in [0, 0.1) is 27.7 Å². The number of thiazole rings is 1. The molecule has 0 aliphatic heterocycles. The molecule has 0 aliphatic carbocycles. The molecule has 0 radical (unpaired) electrons. The maximum absolute atomic E-state index is 12.5. The van der Waals surface area contributed by atoms with Crippen molar-refractivity contribution in [2.75, 3.05) is 13.7 Å². The zero-order chi connectivity index (χ0) is 17.2. The summed E-state index contributed by atoms with van der Waals surface area (Å²) in [7, 11) is -1.96. The van der Waals surface area contributed by atoms with E-state index in [0.717, 1.165) is 21.1 Å². The molecule has 1 heterocycles. The number of nitrogens with one attached hydrogen (secondary N) is 1. The van der Waals surface area contributed by atoms with Crippen molar-refractivity contribution >= 4 is 21.4 Å². The van der Waals surface area contributed by atoms with Crippen LogP contribution >= 0.6 is 11.3 Å². The Balaban J connectivity index is 2.13. The van der Waals surface area contributed by atoms with Crippen molar-refractivity contribution in [1.29, 1.82) is 0 Å². The molecule has 7 heteroatoms. The molecule has 2 aromatic rings. The normalized spacial score (nSPS) is 11.7. The van der Waals surface area contributed by atoms with Gasteiger partial charge in [0.05, 0.1) is 22.7 Å². The van der Waals surface area contributed by atoms with E-state index in [1.54, 1.807) is 37.5 Å². The summed E-state index contributed by atoms with van der Waals surface area (Å²) >= 11 is 1.61. The van der Waals surface area contributed by atoms with Crippen LogP contribution in [0.15, 0.2) is 17.0 Å². The minimum atomic E-state index is -3.54. The van der Waals surface area contributed by atoms with Crippen molar-refractivity contribution in [1.82, 2.24) is 9.71 Å². The Morgan fingerprint density at radius 1 is 1.17 bits per heavy atom. The largest absolute Gasteiger partial charge is 0.496 e. The molecule has 23 heavy (non-hydrogen) atoms. The van der Waals surface area contributed by atoms with Gasteiger partial charge in [0.25, 0.3) is 0 Å². The number of aromatic nitrogens is 1. The van der Waals surface area contributed by atoms with Crippen LogP contribution in [0.5, 0.6) is 5.75 Å². The lowest BCUT2D eigenvalue weighted by Crippen LogP contribution is -2.26. The number of hydrogen-bond acceptors (Lipinski definition) is 5. The van der Waals surface area contributed by atoms with E-state index in [1.807, 2.05) is 20.8 Å². The van der Waals surface area contributed by atoms with Gasteiger partial charge in [-0.2, -0.15) is 0 Å². The number of rotatable bonds is 6. The van der Waals surface area contributed by atoms with E-state index >= 15 is 0 Å². The molecule has 5 nitrogen and oxygen atoms in total. The second-order valence-electron chi connectivity index (χ2n) is 5.48. The van der Waals surface area contributed by atoms with Crippen molar-refractivity contribution in [3.05, 3.63) is 38.8 Å². The number of nitrogens with zero attached hydrogens (tertiary/aromatic N) is 1. The van der Waals surface area contributed by atoms with Crippen molar-refractivity contribution in [2.45, 2.75) is 39.0 Å². The van der Waals surface area contributed by atoms with Crippen LogP contribution in [-0.2, 0) is 16.4 Å². The van der Waals surface area contributed by atoms with Crippen molar-refractivity contribution < 1.29 is 13.2 Å². The van der Waals surface area contributed by atoms with Gasteiger partial charge < -0.3 is 4.74 Å². The smallest absolute Gasteiger partial charge is 0.240 e. The second kappa shape index (κ2) is 6.98. The number of benzene rings is 1. The van der Waals surface area contributed by atoms with Gasteiger partial charge in [0.15, 0.2) is 0 Å². The summed E-state index contributed by atoms with van der Waals surface area (Å²) in [6, 6.07) is 3.40. The molecule has 0 aliphatic rings. The van der Waals surface area contributed by atoms with E-state index in [2.05, 4.69) is 9.71 Å². The molecule has 0 unspecified atom stereocenters. The van der Waals surface area contributed by atoms with Crippen molar-refractivity contribution in [2.24, 2.45) is 0 Å². The van der Waals surface area contributed by atoms with Gasteiger partial charge in [-0.05, 0) is 57.4 Å². The number of hydrogen-bond donors (Lipinski definition) is 1. The molecule has 0 bridgehead atoms. The lowest BCUT2D eigenvalue weighted by atomic mass is 10.1. The van der Waals surface area contributed by atoms with Crippen molar-refractivity contribution in [3.63, 3.8) is 0 Å². The molecule has 0 spiro atoms. The molecule has 126 valence electrons. The van der Waals surface area contributed by atoms with E-state index in [1.165, 1.54) is 0 Å². The number of aryl methyl sites for hydroxylation is 4. The average Bonchev–Trinajstić information content (AvgIpc) is 2.78. The van der Waals surface area contributed by atoms with Crippen LogP contribution < -0.4 is 9.46 Å². The third-order valence-corrected chi connectivity index (χ3v) is 6.36. The summed E-state index contributed by atoms with van der Waals surface area (Å²) in [5.74, 6) is 0.692. The summed E-state index contributed by atoms with van der Waals surface area (Å²) in [6.45, 7) is 7.86. The van der Waals surface area contributed by atoms with Gasteiger partial charge in [-0.3, -0.25) is 0 Å². The summed E-state index contributed by atoms with van der Waals surface area (Å²) in [5.41, 5.74) is 2.44. The van der Waals surface area contributed by atoms with Crippen LogP contribution in [0.2, 0.25) is 0 Å². The minimum Gasteiger partial charge on any atom is -0.496 e. The molecule has 2 rings (SSSR count). The molecule has 1 aromatic heterocycles. The van der Waals surface area contributed by atoms with Gasteiger partial charge in [0.1, 0.15) is 5.75 Å². The number of methoxy groups -OCH3 is 1. The zero-order valence-corrected chi connectivity index (χ0v) is 15.7. The Hall–Kier alpha value is -1.44. The Kier molecular flexibility index (Phi) is 5.44. The fourth-order valence-electron chi connectivity index (χ4n) is 2.45. The van der Waals surface area contributed by atoms with E-state index < -0.39 is 10.0 Å². The monoisotopic (exact) mass is 354 g/mol. The van der Waals surface area contributed by atoms with E-state index in [-0.39, 0.29) is 0 Å². The predicted molar refractivity (Wildman–Crippen MR) is 92.9 cm³/mol. The van der Waals surface area contributed by atoms with Crippen LogP contribution in [0.25, 0.3) is 0 Å². The Bertz CT molecular complexity index is 811. The van der Waals surface area contributed by atoms with Crippen molar-refractivity contribution in [3.8, 4) is 5.75 Å². The quantitative estimate of drug-likeness (QED) is 0.866. The van der Waals surface area contributed by atoms with Crippen LogP contribution in [0.3, 0.4) is 0 Å². The maximum Gasteiger partial charge on any atom is 0.240 e. The molecule has 0 fully saturated rings. The molecule has 0 atom stereocenters. The van der Waals surface area contributed by atoms with Gasteiger partial charge in [0.2, 0.25) is 10.0 Å². The third kappa shape index (κ3) is 4.10. The molecule has 0 amide bonds. The minimum absolute atomic E-state index is 0.299. The topological polar surface area (TPSA) is 68.3 Å². The lowest BCUT2D eigenvalue weighted by molar-refractivity contribution is 0.411. The second-order valence-corrected chi connectivity index (χ2v) is 8.50. The highest BCUT2D eigenvalue weighted by atomic mass is 32.2. The van der Waals surface area contributed by atoms with Gasteiger partial charge in [-0.25, -0.2) is 18.1 Å². The average molecular weight is 354 g/mol. The number of sulfonamides is 1. The number of ether oxygens (including phenoxy) is 1. The summed E-state index contributed by atoms with van der Waals surface area (Å²) in [4.78, 5) is 5.77. The van der Waals surface area contributed by atoms with E-state index in [4.69, 9.17) is 4.74 Å². The predicted octanol–water partition coefficient (Wildman–Crippen LogP) is 2.91. The van der Waals surface area contributed by atoms with Gasteiger partial charge in [0, 0.05) is 11.4 Å². The fraction of sp³-hybridized carbons (Fsp3) is 0.438. The highest BCUT2D eigenvalue weighted by Gasteiger charge is 2.18. The van der Waals surface area contributed by atoms with Crippen LogP contribution in [-0.4, -0.2) is 27.1 Å². The Morgan fingerprint density at radius 3 is 2.43 bits per heavy atom. The first-order chi connectivity index (χ1) is 10.7. The third-order valence-electron chi connectivity index (χ3n) is 3.63. The molecule has 0 saturated carbocycles. The van der Waals surface area contributed by atoms with Crippen LogP contribution in [0.1, 0.15) is 26.7 Å². The summed E-state index contributed by atoms with van der Waals surface area (Å²) in [6.07, 6.45) is 0.644. The highest BCUT2D eigenvalue weighted by molar-refractivity contribution is 7.89. The Labute approximate surface area is 141 Å². The Morgan fingerprint density at radius 2 is 1.87 bits per heavy atom. The SMILES string of the molecule is COc1cc(C)c(S(=O)(=O)NCCc2sc(C)nc2C)cc1C.